The molecule has 11 heteroatoms. The van der Waals surface area contributed by atoms with E-state index in [2.05, 4.69) is 5.32 Å². The van der Waals surface area contributed by atoms with Crippen LogP contribution in [0.3, 0.4) is 0 Å². The van der Waals surface area contributed by atoms with E-state index in [1.165, 1.54) is 40.9 Å². The second-order valence-corrected chi connectivity index (χ2v) is 10.3. The van der Waals surface area contributed by atoms with Gasteiger partial charge in [-0.25, -0.2) is 4.79 Å². The smallest absolute Gasteiger partial charge is 0.331 e. The van der Waals surface area contributed by atoms with E-state index in [-0.39, 0.29) is 30.5 Å². The number of amides is 2. The third-order valence-electron chi connectivity index (χ3n) is 5.74. The van der Waals surface area contributed by atoms with Gasteiger partial charge in [0.15, 0.2) is 6.04 Å². The van der Waals surface area contributed by atoms with Gasteiger partial charge in [-0.2, -0.15) is 0 Å². The first-order valence-corrected chi connectivity index (χ1v) is 12.0. The number of alkyl halides is 1. The highest BCUT2D eigenvalue weighted by Gasteiger charge is 2.61. The lowest BCUT2D eigenvalue weighted by atomic mass is 9.94. The molecule has 0 spiro atoms. The maximum absolute atomic E-state index is 13.0. The van der Waals surface area contributed by atoms with Crippen LogP contribution in [0, 0.1) is 10.1 Å². The lowest BCUT2D eigenvalue weighted by Gasteiger charge is -2.56. The summed E-state index contributed by atoms with van der Waals surface area (Å²) < 4.78 is 5.42. The molecule has 1 N–H and O–H groups in total. The average molecular weight is 504 g/mol. The SMILES string of the molecule is CC1(Cl)CSC2C(NC(=O)Cc3ccccc3)C(=O)N2C1C(=O)OCc1ccc([N+](=O)[O-])cc1. The Labute approximate surface area is 204 Å². The van der Waals surface area contributed by atoms with Gasteiger partial charge in [-0.05, 0) is 30.2 Å². The molecule has 2 aliphatic heterocycles. The van der Waals surface area contributed by atoms with Crippen molar-refractivity contribution in [2.45, 2.75) is 42.3 Å². The summed E-state index contributed by atoms with van der Waals surface area (Å²) in [6.45, 7) is 1.56. The molecule has 0 bridgehead atoms. The van der Waals surface area contributed by atoms with Crippen molar-refractivity contribution < 1.29 is 24.0 Å². The number of fused-ring (bicyclic) bond motifs is 1. The van der Waals surface area contributed by atoms with Crippen molar-refractivity contribution in [1.29, 1.82) is 0 Å². The molecule has 4 rings (SSSR count). The molecule has 4 unspecified atom stereocenters. The fraction of sp³-hybridized carbons (Fsp3) is 0.348. The van der Waals surface area contributed by atoms with Gasteiger partial charge >= 0.3 is 5.97 Å². The first-order chi connectivity index (χ1) is 16.2. The zero-order valence-corrected chi connectivity index (χ0v) is 19.8. The summed E-state index contributed by atoms with van der Waals surface area (Å²) in [5.74, 6) is -0.946. The minimum Gasteiger partial charge on any atom is -0.459 e. The minimum absolute atomic E-state index is 0.0675. The van der Waals surface area contributed by atoms with Gasteiger partial charge in [0.1, 0.15) is 18.0 Å². The molecular weight excluding hydrogens is 482 g/mol. The Balaban J connectivity index is 1.39. The molecule has 2 aliphatic rings. The van der Waals surface area contributed by atoms with Gasteiger partial charge in [-0.3, -0.25) is 19.7 Å². The van der Waals surface area contributed by atoms with Crippen LogP contribution >= 0.6 is 23.4 Å². The van der Waals surface area contributed by atoms with Gasteiger partial charge in [-0.1, -0.05) is 30.3 Å². The van der Waals surface area contributed by atoms with E-state index in [0.717, 1.165) is 5.56 Å². The summed E-state index contributed by atoms with van der Waals surface area (Å²) >= 11 is 8.02. The lowest BCUT2D eigenvalue weighted by Crippen LogP contribution is -2.78. The molecule has 0 saturated carbocycles. The number of esters is 1. The highest BCUT2D eigenvalue weighted by atomic mass is 35.5. The van der Waals surface area contributed by atoms with Crippen LogP contribution in [0.4, 0.5) is 5.69 Å². The number of nitro groups is 1. The van der Waals surface area contributed by atoms with Crippen molar-refractivity contribution in [2.75, 3.05) is 5.75 Å². The quantitative estimate of drug-likeness (QED) is 0.203. The van der Waals surface area contributed by atoms with Crippen molar-refractivity contribution in [3.05, 3.63) is 75.8 Å². The Morgan fingerprint density at radius 3 is 2.53 bits per heavy atom. The van der Waals surface area contributed by atoms with Crippen LogP contribution in [0.25, 0.3) is 0 Å². The highest BCUT2D eigenvalue weighted by Crippen LogP contribution is 2.45. The monoisotopic (exact) mass is 503 g/mol. The van der Waals surface area contributed by atoms with Crippen molar-refractivity contribution >= 4 is 46.8 Å². The molecule has 4 atom stereocenters. The Morgan fingerprint density at radius 2 is 1.88 bits per heavy atom. The van der Waals surface area contributed by atoms with E-state index >= 15 is 0 Å². The number of hydrogen-bond donors (Lipinski definition) is 1. The van der Waals surface area contributed by atoms with E-state index in [1.54, 1.807) is 6.92 Å². The van der Waals surface area contributed by atoms with E-state index in [0.29, 0.717) is 11.3 Å². The molecular formula is C23H22ClN3O6S. The van der Waals surface area contributed by atoms with Crippen LogP contribution in [0.1, 0.15) is 18.1 Å². The van der Waals surface area contributed by atoms with Crippen LogP contribution in [0.2, 0.25) is 0 Å². The maximum atomic E-state index is 13.0. The third-order valence-corrected chi connectivity index (χ3v) is 7.85. The van der Waals surface area contributed by atoms with Gasteiger partial charge in [-0.15, -0.1) is 23.4 Å². The van der Waals surface area contributed by atoms with Crippen LogP contribution in [0.15, 0.2) is 54.6 Å². The van der Waals surface area contributed by atoms with Crippen molar-refractivity contribution in [2.24, 2.45) is 0 Å². The normalized spacial score (nSPS) is 25.6. The molecule has 2 aromatic carbocycles. The number of nitro benzene ring substituents is 1. The van der Waals surface area contributed by atoms with Crippen LogP contribution < -0.4 is 5.32 Å². The summed E-state index contributed by atoms with van der Waals surface area (Å²) in [4.78, 5) is 48.9. The molecule has 0 aromatic heterocycles. The number of carbonyl (C=O) groups is 3. The molecule has 0 aliphatic carbocycles. The minimum atomic E-state index is -1.05. The molecule has 2 saturated heterocycles. The van der Waals surface area contributed by atoms with Crippen molar-refractivity contribution in [1.82, 2.24) is 10.2 Å². The first kappa shape index (κ1) is 24.0. The summed E-state index contributed by atoms with van der Waals surface area (Å²) in [5, 5.41) is 13.1. The summed E-state index contributed by atoms with van der Waals surface area (Å²) in [6, 6.07) is 13.1. The van der Waals surface area contributed by atoms with Gasteiger partial charge in [0, 0.05) is 17.9 Å². The predicted molar refractivity (Wildman–Crippen MR) is 126 cm³/mol. The number of benzene rings is 2. The standard InChI is InChI=1S/C23H22ClN3O6S/c1-23(24)13-34-21-18(25-17(28)11-14-5-3-2-4-6-14)20(29)26(21)19(23)22(30)33-12-15-7-9-16(10-8-15)27(31)32/h2-10,18-19,21H,11-13H2,1H3,(H,25,28). The van der Waals surface area contributed by atoms with E-state index in [4.69, 9.17) is 16.3 Å². The largest absolute Gasteiger partial charge is 0.459 e. The molecule has 2 heterocycles. The van der Waals surface area contributed by atoms with Gasteiger partial charge < -0.3 is 15.0 Å². The summed E-state index contributed by atoms with van der Waals surface area (Å²) in [6.07, 6.45) is 0.149. The number of halogens is 1. The Kier molecular flexibility index (Phi) is 6.81. The molecule has 0 radical (unpaired) electrons. The predicted octanol–water partition coefficient (Wildman–Crippen LogP) is 2.65. The number of nitrogens with one attached hydrogen (secondary N) is 1. The number of non-ortho nitro benzene ring substituents is 1. The second-order valence-electron chi connectivity index (χ2n) is 8.37. The van der Waals surface area contributed by atoms with Crippen LogP contribution in [0.5, 0.6) is 0 Å². The Morgan fingerprint density at radius 1 is 1.21 bits per heavy atom. The summed E-state index contributed by atoms with van der Waals surface area (Å²) in [7, 11) is 0. The molecule has 2 aromatic rings. The molecule has 2 amide bonds. The lowest BCUT2D eigenvalue weighted by molar-refractivity contribution is -0.384. The summed E-state index contributed by atoms with van der Waals surface area (Å²) in [5.41, 5.74) is 1.33. The zero-order chi connectivity index (χ0) is 24.5. The number of β-lactam (4-membered cyclic amide) rings is 1. The zero-order valence-electron chi connectivity index (χ0n) is 18.2. The number of ether oxygens (including phenoxy) is 1. The van der Waals surface area contributed by atoms with Crippen molar-refractivity contribution in [3.8, 4) is 0 Å². The molecule has 178 valence electrons. The fourth-order valence-corrected chi connectivity index (χ4v) is 5.80. The van der Waals surface area contributed by atoms with Gasteiger partial charge in [0.2, 0.25) is 11.8 Å². The van der Waals surface area contributed by atoms with E-state index in [9.17, 15) is 24.5 Å². The third kappa shape index (κ3) is 4.88. The van der Waals surface area contributed by atoms with Crippen LogP contribution in [-0.4, -0.2) is 55.7 Å². The molecule has 34 heavy (non-hydrogen) atoms. The van der Waals surface area contributed by atoms with E-state index < -0.39 is 33.2 Å². The number of thioether (sulfide) groups is 1. The first-order valence-electron chi connectivity index (χ1n) is 10.5. The van der Waals surface area contributed by atoms with Crippen molar-refractivity contribution in [3.63, 3.8) is 0 Å². The Bertz CT molecular complexity index is 1110. The van der Waals surface area contributed by atoms with Crippen LogP contribution in [-0.2, 0) is 32.1 Å². The van der Waals surface area contributed by atoms with Gasteiger partial charge in [0.25, 0.3) is 5.69 Å². The Hall–Kier alpha value is -3.11. The van der Waals surface area contributed by atoms with Gasteiger partial charge in [0.05, 0.1) is 16.2 Å². The number of nitrogens with zero attached hydrogens (tertiary/aromatic N) is 2. The molecule has 9 nitrogen and oxygen atoms in total. The fourth-order valence-electron chi connectivity index (χ4n) is 4.00. The topological polar surface area (TPSA) is 119 Å². The number of hydrogen-bond acceptors (Lipinski definition) is 7. The highest BCUT2D eigenvalue weighted by molar-refractivity contribution is 8.00. The average Bonchev–Trinajstić information content (AvgIpc) is 2.81. The maximum Gasteiger partial charge on any atom is 0.331 e. The number of rotatable bonds is 7. The second kappa shape index (κ2) is 9.63. The molecule has 2 fully saturated rings. The number of carbonyl (C=O) groups excluding carboxylic acids is 3. The van der Waals surface area contributed by atoms with E-state index in [1.807, 2.05) is 30.3 Å².